The number of allylic oxidation sites excluding steroid dienone is 4. The Bertz CT molecular complexity index is 1010. The van der Waals surface area contributed by atoms with Crippen molar-refractivity contribution < 1.29 is 50.0 Å². The molecule has 9 atom stereocenters. The average Bonchev–Trinajstić information content (AvgIpc) is 3.23. The summed E-state index contributed by atoms with van der Waals surface area (Å²) in [4.78, 5) is 13.1. The van der Waals surface area contributed by atoms with Crippen molar-refractivity contribution in [2.45, 2.75) is 262 Å². The van der Waals surface area contributed by atoms with Gasteiger partial charge in [0, 0.05) is 0 Å². The summed E-state index contributed by atoms with van der Waals surface area (Å²) >= 11 is 0. The molecule has 0 aliphatic carbocycles. The van der Waals surface area contributed by atoms with Crippen molar-refractivity contribution in [3.05, 3.63) is 24.3 Å². The third kappa shape index (κ3) is 28.0. The van der Waals surface area contributed by atoms with Crippen LogP contribution >= 0.6 is 0 Å². The molecule has 0 aromatic rings. The van der Waals surface area contributed by atoms with E-state index in [1.165, 1.54) is 116 Å². The Morgan fingerprint density at radius 3 is 1.46 bits per heavy atom. The summed E-state index contributed by atoms with van der Waals surface area (Å²) in [6.07, 6.45) is 30.8. The molecule has 1 heterocycles. The minimum Gasteiger partial charge on any atom is -0.394 e. The first kappa shape index (κ1) is 55.6. The lowest BCUT2D eigenvalue weighted by Crippen LogP contribution is -2.60. The van der Waals surface area contributed by atoms with E-state index >= 15 is 0 Å². The van der Waals surface area contributed by atoms with Crippen LogP contribution < -0.4 is 5.32 Å². The van der Waals surface area contributed by atoms with Crippen molar-refractivity contribution >= 4 is 5.91 Å². The van der Waals surface area contributed by atoms with Crippen LogP contribution in [0.2, 0.25) is 0 Å². The smallest absolute Gasteiger partial charge is 0.249 e. The molecule has 0 spiro atoms. The first-order chi connectivity index (χ1) is 28.7. The number of rotatable bonds is 40. The molecule has 8 N–H and O–H groups in total. The van der Waals surface area contributed by atoms with Gasteiger partial charge >= 0.3 is 0 Å². The second kappa shape index (κ2) is 38.3. The van der Waals surface area contributed by atoms with Gasteiger partial charge in [-0.2, -0.15) is 0 Å². The van der Waals surface area contributed by atoms with Gasteiger partial charge in [-0.1, -0.05) is 167 Å². The van der Waals surface area contributed by atoms with Crippen molar-refractivity contribution in [3.8, 4) is 0 Å². The number of unbranched alkanes of at least 4 members (excludes halogenated alkanes) is 24. The maximum atomic E-state index is 13.1. The Hall–Kier alpha value is -1.41. The third-order valence-corrected chi connectivity index (χ3v) is 11.7. The fraction of sp³-hybridized carbons (Fsp3) is 0.896. The molecular formula is C48H91NO10. The molecule has 0 bridgehead atoms. The Morgan fingerprint density at radius 2 is 1.00 bits per heavy atom. The van der Waals surface area contributed by atoms with Crippen molar-refractivity contribution in [2.75, 3.05) is 13.2 Å². The predicted octanol–water partition coefficient (Wildman–Crippen LogP) is 8.23. The van der Waals surface area contributed by atoms with Crippen LogP contribution in [-0.4, -0.2) is 110 Å². The Labute approximate surface area is 359 Å². The Kier molecular flexibility index (Phi) is 36.1. The third-order valence-electron chi connectivity index (χ3n) is 11.7. The maximum absolute atomic E-state index is 13.1. The summed E-state index contributed by atoms with van der Waals surface area (Å²) < 4.78 is 11.1. The highest BCUT2D eigenvalue weighted by atomic mass is 16.7. The number of ether oxygens (including phenoxy) is 2. The topological polar surface area (TPSA) is 189 Å². The van der Waals surface area contributed by atoms with Gasteiger partial charge < -0.3 is 50.5 Å². The predicted molar refractivity (Wildman–Crippen MR) is 238 cm³/mol. The van der Waals surface area contributed by atoms with Crippen molar-refractivity contribution in [1.82, 2.24) is 5.32 Å². The number of carbonyl (C=O) groups excluding carboxylic acids is 1. The molecule has 1 fully saturated rings. The molecule has 1 aliphatic rings. The van der Waals surface area contributed by atoms with E-state index in [0.717, 1.165) is 51.4 Å². The second-order valence-corrected chi connectivity index (χ2v) is 17.2. The largest absolute Gasteiger partial charge is 0.394 e. The molecular weight excluding hydrogens is 751 g/mol. The Balaban J connectivity index is 2.47. The zero-order chi connectivity index (χ0) is 43.4. The van der Waals surface area contributed by atoms with E-state index in [1.807, 2.05) is 0 Å². The molecule has 59 heavy (non-hydrogen) atoms. The number of aliphatic hydroxyl groups is 7. The number of hydrogen-bond acceptors (Lipinski definition) is 10. The number of carbonyl (C=O) groups is 1. The molecule has 11 nitrogen and oxygen atoms in total. The lowest BCUT2D eigenvalue weighted by atomic mass is 9.98. The van der Waals surface area contributed by atoms with Gasteiger partial charge in [0.25, 0.3) is 0 Å². The zero-order valence-electron chi connectivity index (χ0n) is 37.5. The minimum absolute atomic E-state index is 0.241. The molecule has 11 heteroatoms. The van der Waals surface area contributed by atoms with Gasteiger partial charge in [0.05, 0.1) is 25.4 Å². The number of hydrogen-bond donors (Lipinski definition) is 8. The van der Waals surface area contributed by atoms with Crippen LogP contribution in [0, 0.1) is 0 Å². The van der Waals surface area contributed by atoms with Gasteiger partial charge in [0.15, 0.2) is 6.29 Å². The molecule has 0 aromatic heterocycles. The van der Waals surface area contributed by atoms with E-state index < -0.39 is 74.2 Å². The molecule has 0 saturated carbocycles. The SMILES string of the molecule is CCCCCCCCC/C=C\CCCCCCC(O)C(=O)NC(COC1OC(CO)C(O)C(O)C1O)C(O)C(O)CCC/C=C/CCCCCCCCCCCCCC. The number of amides is 1. The highest BCUT2D eigenvalue weighted by molar-refractivity contribution is 5.80. The zero-order valence-corrected chi connectivity index (χ0v) is 37.5. The summed E-state index contributed by atoms with van der Waals surface area (Å²) in [6, 6.07) is -1.19. The minimum atomic E-state index is -1.67. The van der Waals surface area contributed by atoms with Crippen LogP contribution in [0.25, 0.3) is 0 Å². The summed E-state index contributed by atoms with van der Waals surface area (Å²) in [5, 5.41) is 75.7. The first-order valence-electron chi connectivity index (χ1n) is 24.2. The van der Waals surface area contributed by atoms with E-state index in [-0.39, 0.29) is 12.8 Å². The monoisotopic (exact) mass is 842 g/mol. The fourth-order valence-electron chi connectivity index (χ4n) is 7.67. The summed E-state index contributed by atoms with van der Waals surface area (Å²) in [6.45, 7) is 3.42. The van der Waals surface area contributed by atoms with E-state index in [1.54, 1.807) is 0 Å². The van der Waals surface area contributed by atoms with E-state index in [0.29, 0.717) is 12.8 Å². The van der Waals surface area contributed by atoms with E-state index in [4.69, 9.17) is 9.47 Å². The number of aliphatic hydroxyl groups excluding tert-OH is 7. The molecule has 9 unspecified atom stereocenters. The fourth-order valence-corrected chi connectivity index (χ4v) is 7.67. The Morgan fingerprint density at radius 1 is 0.576 bits per heavy atom. The lowest BCUT2D eigenvalue weighted by molar-refractivity contribution is -0.303. The molecule has 1 amide bonds. The molecule has 348 valence electrons. The van der Waals surface area contributed by atoms with Crippen LogP contribution in [0.1, 0.15) is 206 Å². The van der Waals surface area contributed by atoms with Crippen LogP contribution in [0.15, 0.2) is 24.3 Å². The van der Waals surface area contributed by atoms with Crippen molar-refractivity contribution in [1.29, 1.82) is 0 Å². The normalized spacial score (nSPS) is 21.9. The highest BCUT2D eigenvalue weighted by Crippen LogP contribution is 2.23. The molecule has 1 rings (SSSR count). The van der Waals surface area contributed by atoms with Gasteiger partial charge in [-0.15, -0.1) is 0 Å². The second-order valence-electron chi connectivity index (χ2n) is 17.2. The summed E-state index contributed by atoms with van der Waals surface area (Å²) in [5.74, 6) is -0.715. The van der Waals surface area contributed by atoms with Crippen LogP contribution in [0.3, 0.4) is 0 Å². The molecule has 0 radical (unpaired) electrons. The van der Waals surface area contributed by atoms with Crippen LogP contribution in [0.4, 0.5) is 0 Å². The van der Waals surface area contributed by atoms with Gasteiger partial charge in [-0.05, 0) is 64.2 Å². The van der Waals surface area contributed by atoms with E-state index in [9.17, 15) is 40.5 Å². The van der Waals surface area contributed by atoms with Crippen molar-refractivity contribution in [3.63, 3.8) is 0 Å². The molecule has 0 aromatic carbocycles. The molecule has 1 saturated heterocycles. The van der Waals surface area contributed by atoms with Gasteiger partial charge in [0.2, 0.25) is 5.91 Å². The van der Waals surface area contributed by atoms with E-state index in [2.05, 4.69) is 43.5 Å². The average molecular weight is 842 g/mol. The highest BCUT2D eigenvalue weighted by Gasteiger charge is 2.44. The maximum Gasteiger partial charge on any atom is 0.249 e. The standard InChI is InChI=1S/C48H91NO10/c1-3-5-7-9-11-13-15-17-19-20-22-23-25-27-29-31-33-35-40(51)43(53)39(38-58-48-46(56)45(55)44(54)42(37-50)59-48)49-47(57)41(52)36-34-32-30-28-26-24-21-18-16-14-12-10-8-6-4-2/h21,24,27,29,39-46,48,50-56H,3-20,22-23,25-26,28,30-38H2,1-2H3,(H,49,57)/b24-21-,29-27+. The van der Waals surface area contributed by atoms with Gasteiger partial charge in [-0.3, -0.25) is 4.79 Å². The summed E-state index contributed by atoms with van der Waals surface area (Å²) in [5.41, 5.74) is 0. The van der Waals surface area contributed by atoms with Gasteiger partial charge in [-0.25, -0.2) is 0 Å². The summed E-state index contributed by atoms with van der Waals surface area (Å²) in [7, 11) is 0. The first-order valence-corrected chi connectivity index (χ1v) is 24.2. The van der Waals surface area contributed by atoms with Crippen molar-refractivity contribution in [2.24, 2.45) is 0 Å². The molecule has 1 aliphatic heterocycles. The van der Waals surface area contributed by atoms with Crippen LogP contribution in [-0.2, 0) is 14.3 Å². The van der Waals surface area contributed by atoms with Gasteiger partial charge in [0.1, 0.15) is 36.6 Å². The van der Waals surface area contributed by atoms with Crippen LogP contribution in [0.5, 0.6) is 0 Å². The number of nitrogens with one attached hydrogen (secondary N) is 1. The quantitative estimate of drug-likeness (QED) is 0.0221. The lowest BCUT2D eigenvalue weighted by Gasteiger charge is -2.40.